The number of rotatable bonds is 8. The zero-order valence-corrected chi connectivity index (χ0v) is 15.0. The van der Waals surface area contributed by atoms with Gasteiger partial charge in [0.2, 0.25) is 10.0 Å². The van der Waals surface area contributed by atoms with Crippen molar-refractivity contribution in [3.05, 3.63) is 18.2 Å². The molecule has 1 aliphatic heterocycles. The number of benzene rings is 1. The highest BCUT2D eigenvalue weighted by atomic mass is 32.2. The van der Waals surface area contributed by atoms with Gasteiger partial charge in [-0.25, -0.2) is 13.1 Å². The van der Waals surface area contributed by atoms with Crippen LogP contribution in [0.4, 0.5) is 0 Å². The van der Waals surface area contributed by atoms with Gasteiger partial charge in [0.05, 0.1) is 25.7 Å². The average molecular weight is 358 g/mol. The Bertz CT molecular complexity index is 635. The smallest absolute Gasteiger partial charge is 0.240 e. The number of hydrogen-bond acceptors (Lipinski definition) is 6. The lowest BCUT2D eigenvalue weighted by Gasteiger charge is -2.34. The van der Waals surface area contributed by atoms with Crippen molar-refractivity contribution in [2.45, 2.75) is 30.2 Å². The highest BCUT2D eigenvalue weighted by Crippen LogP contribution is 2.29. The van der Waals surface area contributed by atoms with Crippen molar-refractivity contribution < 1.29 is 23.0 Å². The molecule has 0 aromatic heterocycles. The quantitative estimate of drug-likeness (QED) is 0.716. The number of nitrogens with zero attached hydrogens (tertiary/aromatic N) is 1. The van der Waals surface area contributed by atoms with Gasteiger partial charge in [-0.05, 0) is 31.5 Å². The molecule has 7 nitrogen and oxygen atoms in total. The van der Waals surface area contributed by atoms with Gasteiger partial charge in [0, 0.05) is 25.2 Å². The van der Waals surface area contributed by atoms with Crippen LogP contribution in [0.15, 0.2) is 23.1 Å². The normalized spacial score (nSPS) is 19.2. The van der Waals surface area contributed by atoms with Gasteiger partial charge in [-0.15, -0.1) is 0 Å². The van der Waals surface area contributed by atoms with Gasteiger partial charge in [0.25, 0.3) is 0 Å². The lowest BCUT2D eigenvalue weighted by atomic mass is 10.0. The van der Waals surface area contributed by atoms with E-state index < -0.39 is 10.0 Å². The summed E-state index contributed by atoms with van der Waals surface area (Å²) in [6.07, 6.45) is 3.15. The summed E-state index contributed by atoms with van der Waals surface area (Å²) in [5.74, 6) is 0.854. The number of aliphatic hydroxyl groups is 1. The highest BCUT2D eigenvalue weighted by Gasteiger charge is 2.22. The van der Waals surface area contributed by atoms with Gasteiger partial charge in [-0.1, -0.05) is 6.42 Å². The minimum absolute atomic E-state index is 0.114. The maximum atomic E-state index is 12.4. The second-order valence-corrected chi connectivity index (χ2v) is 7.55. The number of sulfonamides is 1. The Kier molecular flexibility index (Phi) is 6.85. The van der Waals surface area contributed by atoms with Crippen LogP contribution in [-0.2, 0) is 10.0 Å². The molecule has 2 rings (SSSR count). The summed E-state index contributed by atoms with van der Waals surface area (Å²) in [5, 5.41) is 9.40. The fourth-order valence-corrected chi connectivity index (χ4v) is 3.99. The molecule has 0 aliphatic carbocycles. The highest BCUT2D eigenvalue weighted by molar-refractivity contribution is 7.89. The summed E-state index contributed by atoms with van der Waals surface area (Å²) in [7, 11) is -0.652. The number of methoxy groups -OCH3 is 2. The van der Waals surface area contributed by atoms with E-state index in [1.54, 1.807) is 6.07 Å². The molecule has 0 unspecified atom stereocenters. The molecule has 1 atom stereocenters. The number of likely N-dealkylation sites (tertiary alicyclic amines) is 1. The zero-order valence-electron chi connectivity index (χ0n) is 14.2. The predicted octanol–water partition coefficient (Wildman–Crippen LogP) is 0.829. The fraction of sp³-hybridized carbons (Fsp3) is 0.625. The lowest BCUT2D eigenvalue weighted by molar-refractivity contribution is 0.0923. The van der Waals surface area contributed by atoms with E-state index in [0.717, 1.165) is 25.8 Å². The summed E-state index contributed by atoms with van der Waals surface area (Å²) in [6, 6.07) is 4.63. The Balaban J connectivity index is 1.98. The van der Waals surface area contributed by atoms with Crippen molar-refractivity contribution in [1.82, 2.24) is 9.62 Å². The summed E-state index contributed by atoms with van der Waals surface area (Å²) >= 11 is 0. The molecule has 1 aromatic carbocycles. The van der Waals surface area contributed by atoms with Crippen LogP contribution in [0.3, 0.4) is 0 Å². The van der Waals surface area contributed by atoms with Gasteiger partial charge in [0.15, 0.2) is 11.5 Å². The molecule has 8 heteroatoms. The molecular weight excluding hydrogens is 332 g/mol. The van der Waals surface area contributed by atoms with E-state index in [1.807, 2.05) is 0 Å². The molecular formula is C16H26N2O5S. The molecule has 1 aromatic rings. The second-order valence-electron chi connectivity index (χ2n) is 5.78. The number of ether oxygens (including phenoxy) is 2. The monoisotopic (exact) mass is 358 g/mol. The van der Waals surface area contributed by atoms with Crippen LogP contribution in [-0.4, -0.2) is 64.9 Å². The van der Waals surface area contributed by atoms with Gasteiger partial charge < -0.3 is 14.6 Å². The fourth-order valence-electron chi connectivity index (χ4n) is 2.95. The molecule has 1 heterocycles. The lowest BCUT2D eigenvalue weighted by Crippen LogP contribution is -2.45. The predicted molar refractivity (Wildman–Crippen MR) is 91.0 cm³/mol. The molecule has 1 fully saturated rings. The number of nitrogens with one attached hydrogen (secondary N) is 1. The van der Waals surface area contributed by atoms with Crippen LogP contribution in [0.2, 0.25) is 0 Å². The van der Waals surface area contributed by atoms with Gasteiger partial charge in [-0.2, -0.15) is 0 Å². The Morgan fingerprint density at radius 1 is 1.25 bits per heavy atom. The number of hydrogen-bond donors (Lipinski definition) is 2. The van der Waals surface area contributed by atoms with Crippen LogP contribution in [0, 0.1) is 0 Å². The first-order valence-electron chi connectivity index (χ1n) is 8.08. The molecule has 1 aliphatic rings. The van der Waals surface area contributed by atoms with Crippen LogP contribution in [0.5, 0.6) is 11.5 Å². The first kappa shape index (κ1) is 19.0. The van der Waals surface area contributed by atoms with Crippen LogP contribution < -0.4 is 14.2 Å². The summed E-state index contributed by atoms with van der Waals surface area (Å²) < 4.78 is 37.7. The molecule has 0 radical (unpaired) electrons. The van der Waals surface area contributed by atoms with E-state index in [0.29, 0.717) is 24.6 Å². The van der Waals surface area contributed by atoms with Crippen molar-refractivity contribution in [1.29, 1.82) is 0 Å². The molecule has 0 spiro atoms. The third-order valence-electron chi connectivity index (χ3n) is 4.32. The van der Waals surface area contributed by atoms with E-state index in [-0.39, 0.29) is 17.5 Å². The van der Waals surface area contributed by atoms with E-state index in [1.165, 1.54) is 26.4 Å². The van der Waals surface area contributed by atoms with E-state index >= 15 is 0 Å². The maximum absolute atomic E-state index is 12.4. The topological polar surface area (TPSA) is 88.1 Å². The first-order chi connectivity index (χ1) is 11.5. The van der Waals surface area contributed by atoms with Crippen molar-refractivity contribution >= 4 is 10.0 Å². The molecule has 0 amide bonds. The summed E-state index contributed by atoms with van der Waals surface area (Å²) in [4.78, 5) is 2.28. The second kappa shape index (κ2) is 8.66. The van der Waals surface area contributed by atoms with Gasteiger partial charge in [0.1, 0.15) is 0 Å². The third-order valence-corrected chi connectivity index (χ3v) is 5.77. The first-order valence-corrected chi connectivity index (χ1v) is 9.56. The minimum atomic E-state index is -3.62. The Morgan fingerprint density at radius 2 is 2.00 bits per heavy atom. The van der Waals surface area contributed by atoms with E-state index in [9.17, 15) is 13.5 Å². The molecule has 136 valence electrons. The maximum Gasteiger partial charge on any atom is 0.240 e. The van der Waals surface area contributed by atoms with Crippen molar-refractivity contribution in [3.63, 3.8) is 0 Å². The molecule has 24 heavy (non-hydrogen) atoms. The molecule has 0 bridgehead atoms. The number of piperidine rings is 1. The Morgan fingerprint density at radius 3 is 2.67 bits per heavy atom. The number of aliphatic hydroxyl groups excluding tert-OH is 1. The summed E-state index contributed by atoms with van der Waals surface area (Å²) in [5.41, 5.74) is 0. The van der Waals surface area contributed by atoms with Crippen LogP contribution >= 0.6 is 0 Å². The van der Waals surface area contributed by atoms with Crippen molar-refractivity contribution in [2.24, 2.45) is 0 Å². The van der Waals surface area contributed by atoms with Crippen molar-refractivity contribution in [3.8, 4) is 11.5 Å². The SMILES string of the molecule is COc1ccc(S(=O)(=O)NCCN2CCCC[C@H]2CO)cc1OC. The Labute approximate surface area is 143 Å². The van der Waals surface area contributed by atoms with E-state index in [2.05, 4.69) is 9.62 Å². The molecule has 2 N–H and O–H groups in total. The third kappa shape index (κ3) is 4.60. The van der Waals surface area contributed by atoms with Crippen LogP contribution in [0.1, 0.15) is 19.3 Å². The zero-order chi connectivity index (χ0) is 17.6. The largest absolute Gasteiger partial charge is 0.493 e. The molecule has 1 saturated heterocycles. The van der Waals surface area contributed by atoms with Crippen molar-refractivity contribution in [2.75, 3.05) is 40.5 Å². The Hall–Kier alpha value is -1.35. The van der Waals surface area contributed by atoms with Crippen LogP contribution in [0.25, 0.3) is 0 Å². The average Bonchev–Trinajstić information content (AvgIpc) is 2.61. The van der Waals surface area contributed by atoms with Gasteiger partial charge in [-0.3, -0.25) is 4.90 Å². The van der Waals surface area contributed by atoms with Gasteiger partial charge >= 0.3 is 0 Å². The standard InChI is InChI=1S/C16H26N2O5S/c1-22-15-7-6-14(11-16(15)23-2)24(20,21)17-8-10-18-9-4-3-5-13(18)12-19/h6-7,11,13,17,19H,3-5,8-10,12H2,1-2H3/t13-/m0/s1. The van der Waals surface area contributed by atoms with E-state index in [4.69, 9.17) is 9.47 Å². The molecule has 0 saturated carbocycles. The minimum Gasteiger partial charge on any atom is -0.493 e. The summed E-state index contributed by atoms with van der Waals surface area (Å²) in [6.45, 7) is 1.89.